The van der Waals surface area contributed by atoms with Crippen LogP contribution in [0.25, 0.3) is 0 Å². The van der Waals surface area contributed by atoms with Crippen molar-refractivity contribution in [3.8, 4) is 0 Å². The molecule has 0 atom stereocenters. The summed E-state index contributed by atoms with van der Waals surface area (Å²) in [5, 5.41) is 10.7. The summed E-state index contributed by atoms with van der Waals surface area (Å²) in [6.07, 6.45) is 0. The second-order valence-corrected chi connectivity index (χ2v) is 2.82. The van der Waals surface area contributed by atoms with Crippen molar-refractivity contribution in [2.75, 3.05) is 0 Å². The van der Waals surface area contributed by atoms with Gasteiger partial charge in [-0.05, 0) is 33.0 Å². The van der Waals surface area contributed by atoms with Crippen LogP contribution in [0.15, 0.2) is 5.10 Å². The molecule has 0 bridgehead atoms. The van der Waals surface area contributed by atoms with Crippen LogP contribution in [-0.4, -0.2) is 20.6 Å². The third kappa shape index (κ3) is 1.74. The highest BCUT2D eigenvalue weighted by Gasteiger charge is 1.96. The second kappa shape index (κ2) is 2.96. The molecule has 0 aliphatic rings. The van der Waals surface area contributed by atoms with Gasteiger partial charge in [0, 0.05) is 5.71 Å². The van der Waals surface area contributed by atoms with Crippen molar-refractivity contribution in [1.82, 2.24) is 14.9 Å². The summed E-state index contributed by atoms with van der Waals surface area (Å²) in [5.74, 6) is 0.774. The molecule has 0 aliphatic heterocycles. The first-order valence-electron chi connectivity index (χ1n) is 3.27. The lowest BCUT2D eigenvalue weighted by molar-refractivity contribution is 0.813. The predicted octanol–water partition coefficient (Wildman–Crippen LogP) is 1.49. The minimum Gasteiger partial charge on any atom is -0.250 e. The van der Waals surface area contributed by atoms with E-state index >= 15 is 0 Å². The molecule has 0 saturated carbocycles. The van der Waals surface area contributed by atoms with Gasteiger partial charge in [-0.15, -0.1) is 0 Å². The largest absolute Gasteiger partial charge is 0.250 e. The van der Waals surface area contributed by atoms with Crippen molar-refractivity contribution in [2.45, 2.75) is 20.8 Å². The van der Waals surface area contributed by atoms with E-state index < -0.39 is 0 Å². The molecular formula is C6H10N4S. The van der Waals surface area contributed by atoms with E-state index in [1.54, 1.807) is 4.68 Å². The number of H-pyrrole nitrogens is 1. The van der Waals surface area contributed by atoms with Crippen LogP contribution in [0.2, 0.25) is 0 Å². The average molecular weight is 170 g/mol. The van der Waals surface area contributed by atoms with Crippen molar-refractivity contribution in [1.29, 1.82) is 0 Å². The fourth-order valence-corrected chi connectivity index (χ4v) is 0.907. The van der Waals surface area contributed by atoms with E-state index in [1.165, 1.54) is 0 Å². The number of aryl methyl sites for hydroxylation is 1. The number of hydrogen-bond acceptors (Lipinski definition) is 3. The van der Waals surface area contributed by atoms with Crippen molar-refractivity contribution >= 4 is 17.9 Å². The molecule has 0 fully saturated rings. The second-order valence-electron chi connectivity index (χ2n) is 2.43. The minimum absolute atomic E-state index is 0.531. The Morgan fingerprint density at radius 1 is 1.64 bits per heavy atom. The molecular weight excluding hydrogens is 160 g/mol. The molecule has 1 aromatic heterocycles. The molecule has 0 unspecified atom stereocenters. The first kappa shape index (κ1) is 8.13. The zero-order valence-electron chi connectivity index (χ0n) is 6.75. The first-order valence-corrected chi connectivity index (χ1v) is 3.68. The van der Waals surface area contributed by atoms with Gasteiger partial charge in [0.2, 0.25) is 4.77 Å². The highest BCUT2D eigenvalue weighted by atomic mass is 32.1. The minimum atomic E-state index is 0.531. The summed E-state index contributed by atoms with van der Waals surface area (Å²) in [7, 11) is 0. The molecule has 0 amide bonds. The molecule has 0 spiro atoms. The lowest BCUT2D eigenvalue weighted by Crippen LogP contribution is -1.95. The molecule has 0 aromatic carbocycles. The van der Waals surface area contributed by atoms with Gasteiger partial charge in [0.15, 0.2) is 0 Å². The van der Waals surface area contributed by atoms with E-state index in [-0.39, 0.29) is 0 Å². The van der Waals surface area contributed by atoms with Gasteiger partial charge in [-0.2, -0.15) is 14.9 Å². The molecule has 1 heterocycles. The zero-order valence-corrected chi connectivity index (χ0v) is 7.57. The number of aromatic nitrogens is 3. The third-order valence-corrected chi connectivity index (χ3v) is 1.38. The number of nitrogens with zero attached hydrogens (tertiary/aromatic N) is 3. The van der Waals surface area contributed by atoms with E-state index in [0.29, 0.717) is 4.77 Å². The van der Waals surface area contributed by atoms with Gasteiger partial charge in [0.1, 0.15) is 5.82 Å². The van der Waals surface area contributed by atoms with E-state index in [9.17, 15) is 0 Å². The van der Waals surface area contributed by atoms with Gasteiger partial charge in [0.25, 0.3) is 0 Å². The van der Waals surface area contributed by atoms with Crippen LogP contribution in [0.4, 0.5) is 0 Å². The maximum Gasteiger partial charge on any atom is 0.216 e. The predicted molar refractivity (Wildman–Crippen MR) is 46.3 cm³/mol. The molecule has 11 heavy (non-hydrogen) atoms. The number of aromatic amines is 1. The number of nitrogens with one attached hydrogen (secondary N) is 1. The molecule has 60 valence electrons. The Balaban J connectivity index is 3.22. The summed E-state index contributed by atoms with van der Waals surface area (Å²) in [5.41, 5.74) is 0.950. The van der Waals surface area contributed by atoms with Gasteiger partial charge in [-0.25, -0.2) is 0 Å². The molecule has 0 radical (unpaired) electrons. The maximum atomic E-state index is 4.93. The fourth-order valence-electron chi connectivity index (χ4n) is 0.688. The Bertz CT molecular complexity index is 329. The Hall–Kier alpha value is -0.970. The Morgan fingerprint density at radius 2 is 2.27 bits per heavy atom. The summed E-state index contributed by atoms with van der Waals surface area (Å²) in [4.78, 5) is 0. The van der Waals surface area contributed by atoms with Gasteiger partial charge < -0.3 is 0 Å². The van der Waals surface area contributed by atoms with Crippen LogP contribution < -0.4 is 0 Å². The van der Waals surface area contributed by atoms with Crippen LogP contribution in [0.5, 0.6) is 0 Å². The highest BCUT2D eigenvalue weighted by molar-refractivity contribution is 7.71. The van der Waals surface area contributed by atoms with E-state index in [4.69, 9.17) is 12.2 Å². The van der Waals surface area contributed by atoms with Gasteiger partial charge >= 0.3 is 0 Å². The summed E-state index contributed by atoms with van der Waals surface area (Å²) in [6, 6.07) is 0. The summed E-state index contributed by atoms with van der Waals surface area (Å²) < 4.78 is 2.13. The van der Waals surface area contributed by atoms with Crippen LogP contribution >= 0.6 is 12.2 Å². The van der Waals surface area contributed by atoms with Crippen LogP contribution in [0.1, 0.15) is 19.7 Å². The smallest absolute Gasteiger partial charge is 0.216 e. The third-order valence-electron chi connectivity index (χ3n) is 1.11. The van der Waals surface area contributed by atoms with Crippen molar-refractivity contribution in [3.63, 3.8) is 0 Å². The summed E-state index contributed by atoms with van der Waals surface area (Å²) in [6.45, 7) is 5.67. The Morgan fingerprint density at radius 3 is 2.64 bits per heavy atom. The Labute approximate surface area is 69.9 Å². The van der Waals surface area contributed by atoms with Gasteiger partial charge in [-0.1, -0.05) is 0 Å². The van der Waals surface area contributed by atoms with Crippen molar-refractivity contribution < 1.29 is 0 Å². The van der Waals surface area contributed by atoms with Crippen LogP contribution in [0, 0.1) is 11.7 Å². The number of hydrogen-bond donors (Lipinski definition) is 1. The molecule has 0 saturated heterocycles. The Kier molecular flexibility index (Phi) is 2.19. The average Bonchev–Trinajstić information content (AvgIpc) is 2.18. The first-order chi connectivity index (χ1) is 5.11. The molecule has 1 N–H and O–H groups in total. The van der Waals surface area contributed by atoms with Crippen molar-refractivity contribution in [2.24, 2.45) is 5.10 Å². The zero-order chi connectivity index (χ0) is 8.43. The van der Waals surface area contributed by atoms with Gasteiger partial charge in [0.05, 0.1) is 0 Å². The lowest BCUT2D eigenvalue weighted by Gasteiger charge is -1.93. The molecule has 1 aromatic rings. The number of rotatable bonds is 1. The molecule has 5 heteroatoms. The van der Waals surface area contributed by atoms with E-state index in [2.05, 4.69) is 15.3 Å². The van der Waals surface area contributed by atoms with E-state index in [0.717, 1.165) is 11.5 Å². The lowest BCUT2D eigenvalue weighted by atomic mass is 10.5. The normalized spacial score (nSPS) is 9.73. The van der Waals surface area contributed by atoms with Crippen LogP contribution in [0.3, 0.4) is 0 Å². The standard InChI is InChI=1S/C6H10N4S/c1-4(2)9-10-5(3)7-8-6(10)11/h1-3H3,(H,8,11). The van der Waals surface area contributed by atoms with E-state index in [1.807, 2.05) is 20.8 Å². The quantitative estimate of drug-likeness (QED) is 0.512. The van der Waals surface area contributed by atoms with Crippen LogP contribution in [-0.2, 0) is 0 Å². The van der Waals surface area contributed by atoms with Gasteiger partial charge in [-0.3, -0.25) is 5.10 Å². The maximum absolute atomic E-state index is 4.93. The van der Waals surface area contributed by atoms with Crippen molar-refractivity contribution in [3.05, 3.63) is 10.6 Å². The molecule has 4 nitrogen and oxygen atoms in total. The molecule has 1 rings (SSSR count). The fraction of sp³-hybridized carbons (Fsp3) is 0.500. The SMILES string of the molecule is CC(C)=Nn1c(C)n[nH]c1=S. The highest BCUT2D eigenvalue weighted by Crippen LogP contribution is 1.94. The topological polar surface area (TPSA) is 46.0 Å². The molecule has 0 aliphatic carbocycles. The monoisotopic (exact) mass is 170 g/mol. The summed E-state index contributed by atoms with van der Waals surface area (Å²) >= 11 is 4.93.